The van der Waals surface area contributed by atoms with Crippen molar-refractivity contribution in [3.05, 3.63) is 58.6 Å². The minimum absolute atomic E-state index is 0.0496. The normalized spacial score (nSPS) is 14.2. The van der Waals surface area contributed by atoms with Crippen LogP contribution in [0.15, 0.2) is 56.6 Å². The molecule has 1 aromatic heterocycles. The van der Waals surface area contributed by atoms with Gasteiger partial charge >= 0.3 is 5.76 Å². The Bertz CT molecular complexity index is 1310. The molecule has 170 valence electrons. The van der Waals surface area contributed by atoms with E-state index < -0.39 is 21.7 Å². The van der Waals surface area contributed by atoms with Crippen molar-refractivity contribution in [1.82, 2.24) is 14.2 Å². The van der Waals surface area contributed by atoms with Crippen LogP contribution >= 0.6 is 0 Å². The Balaban J connectivity index is 1.53. The summed E-state index contributed by atoms with van der Waals surface area (Å²) in [6.07, 6.45) is 2.07. The van der Waals surface area contributed by atoms with E-state index in [1.807, 2.05) is 19.0 Å². The molecule has 0 atom stereocenters. The zero-order chi connectivity index (χ0) is 22.9. The molecule has 0 saturated heterocycles. The first-order chi connectivity index (χ1) is 15.2. The maximum absolute atomic E-state index is 12.8. The molecule has 32 heavy (non-hydrogen) atoms. The predicted molar refractivity (Wildman–Crippen MR) is 121 cm³/mol. The number of aromatic nitrogens is 1. The molecule has 10 heteroatoms. The molecule has 2 aromatic carbocycles. The fourth-order valence-electron chi connectivity index (χ4n) is 3.29. The van der Waals surface area contributed by atoms with Crippen molar-refractivity contribution in [2.24, 2.45) is 5.92 Å². The highest BCUT2D eigenvalue weighted by Crippen LogP contribution is 2.28. The van der Waals surface area contributed by atoms with Crippen LogP contribution in [-0.4, -0.2) is 51.0 Å². The van der Waals surface area contributed by atoms with Crippen molar-refractivity contribution in [2.75, 3.05) is 32.5 Å². The van der Waals surface area contributed by atoms with Crippen LogP contribution in [0.5, 0.6) is 0 Å². The molecule has 0 aliphatic heterocycles. The second-order valence-corrected chi connectivity index (χ2v) is 10.0. The number of likely N-dealkylation sites (N-methyl/N-ethyl adjacent to an activating group) is 1. The number of nitrogens with zero attached hydrogens (tertiary/aromatic N) is 2. The molecule has 1 heterocycles. The van der Waals surface area contributed by atoms with Crippen molar-refractivity contribution < 1.29 is 17.6 Å². The molecule has 1 fully saturated rings. The topological polar surface area (TPSA) is 114 Å². The van der Waals surface area contributed by atoms with Gasteiger partial charge in [0, 0.05) is 30.9 Å². The molecular weight excluding hydrogens is 432 g/mol. The maximum atomic E-state index is 12.8. The molecule has 2 N–H and O–H groups in total. The van der Waals surface area contributed by atoms with E-state index in [2.05, 4.69) is 10.0 Å². The van der Waals surface area contributed by atoms with E-state index in [9.17, 15) is 18.0 Å². The minimum atomic E-state index is -3.67. The molecule has 3 aromatic rings. The van der Waals surface area contributed by atoms with Gasteiger partial charge in [-0.2, -0.15) is 0 Å². The van der Waals surface area contributed by atoms with Gasteiger partial charge in [0.1, 0.15) is 0 Å². The molecule has 1 aliphatic carbocycles. The zero-order valence-electron chi connectivity index (χ0n) is 18.0. The summed E-state index contributed by atoms with van der Waals surface area (Å²) in [5, 5.41) is 2.77. The Hall–Kier alpha value is -2.95. The lowest BCUT2D eigenvalue weighted by Crippen LogP contribution is -2.26. The predicted octanol–water partition coefficient (Wildman–Crippen LogP) is 2.10. The number of oxazole rings is 1. The van der Waals surface area contributed by atoms with Crippen LogP contribution in [0, 0.1) is 5.92 Å². The van der Waals surface area contributed by atoms with E-state index in [1.165, 1.54) is 16.7 Å². The smallest absolute Gasteiger partial charge is 0.408 e. The fraction of sp³-hybridized carbons (Fsp3) is 0.364. The second kappa shape index (κ2) is 8.89. The number of anilines is 1. The van der Waals surface area contributed by atoms with Crippen LogP contribution in [0.25, 0.3) is 11.1 Å². The first-order valence-corrected chi connectivity index (χ1v) is 11.9. The summed E-state index contributed by atoms with van der Waals surface area (Å²) in [5.41, 5.74) is 1.70. The van der Waals surface area contributed by atoms with Crippen LogP contribution < -0.4 is 15.8 Å². The zero-order valence-corrected chi connectivity index (χ0v) is 18.8. The van der Waals surface area contributed by atoms with Gasteiger partial charge in [-0.05, 0) is 69.3 Å². The van der Waals surface area contributed by atoms with Gasteiger partial charge in [-0.25, -0.2) is 17.9 Å². The van der Waals surface area contributed by atoms with E-state index in [0.717, 1.165) is 12.8 Å². The Kier molecular flexibility index (Phi) is 6.18. The SMILES string of the molecule is CN(C)CCn1c(=O)oc2ccc(NC(=O)c3cccc(S(=O)(=O)NCC4CC4)c3)cc21. The highest BCUT2D eigenvalue weighted by Gasteiger charge is 2.24. The summed E-state index contributed by atoms with van der Waals surface area (Å²) in [6, 6.07) is 10.8. The van der Waals surface area contributed by atoms with Crippen LogP contribution in [0.2, 0.25) is 0 Å². The van der Waals surface area contributed by atoms with Crippen molar-refractivity contribution in [3.63, 3.8) is 0 Å². The summed E-state index contributed by atoms with van der Waals surface area (Å²) in [7, 11) is 0.149. The third-order valence-corrected chi connectivity index (χ3v) is 6.78. The molecule has 0 unspecified atom stereocenters. The summed E-state index contributed by atoms with van der Waals surface area (Å²) in [6.45, 7) is 1.52. The van der Waals surface area contributed by atoms with Gasteiger partial charge < -0.3 is 14.6 Å². The van der Waals surface area contributed by atoms with Crippen LogP contribution in [0.1, 0.15) is 23.2 Å². The van der Waals surface area contributed by atoms with Gasteiger partial charge in [0.15, 0.2) is 5.58 Å². The van der Waals surface area contributed by atoms with Gasteiger partial charge in [-0.1, -0.05) is 6.07 Å². The van der Waals surface area contributed by atoms with Gasteiger partial charge in [0.2, 0.25) is 10.0 Å². The number of rotatable bonds is 9. The summed E-state index contributed by atoms with van der Waals surface area (Å²) in [5.74, 6) is -0.500. The first kappa shape index (κ1) is 22.3. The van der Waals surface area contributed by atoms with E-state index in [0.29, 0.717) is 42.3 Å². The van der Waals surface area contributed by atoms with E-state index in [1.54, 1.807) is 30.3 Å². The van der Waals surface area contributed by atoms with Gasteiger partial charge in [0.05, 0.1) is 10.4 Å². The number of amides is 1. The third-order valence-electron chi connectivity index (χ3n) is 5.36. The monoisotopic (exact) mass is 458 g/mol. The average Bonchev–Trinajstić information content (AvgIpc) is 3.53. The van der Waals surface area contributed by atoms with Crippen LogP contribution in [-0.2, 0) is 16.6 Å². The van der Waals surface area contributed by atoms with Gasteiger partial charge in [0.25, 0.3) is 5.91 Å². The Morgan fingerprint density at radius 2 is 1.97 bits per heavy atom. The lowest BCUT2D eigenvalue weighted by Gasteiger charge is -2.10. The van der Waals surface area contributed by atoms with Crippen LogP contribution in [0.4, 0.5) is 5.69 Å². The van der Waals surface area contributed by atoms with Crippen molar-refractivity contribution in [2.45, 2.75) is 24.3 Å². The van der Waals surface area contributed by atoms with Gasteiger partial charge in [-0.3, -0.25) is 9.36 Å². The average molecular weight is 459 g/mol. The Morgan fingerprint density at radius 3 is 2.69 bits per heavy atom. The molecule has 0 spiro atoms. The fourth-order valence-corrected chi connectivity index (χ4v) is 4.45. The van der Waals surface area contributed by atoms with E-state index in [4.69, 9.17) is 4.42 Å². The van der Waals surface area contributed by atoms with Crippen molar-refractivity contribution >= 4 is 32.7 Å². The first-order valence-electron chi connectivity index (χ1n) is 10.4. The number of hydrogen-bond acceptors (Lipinski definition) is 6. The highest BCUT2D eigenvalue weighted by molar-refractivity contribution is 7.89. The molecule has 9 nitrogen and oxygen atoms in total. The standard InChI is InChI=1S/C22H26N4O5S/c1-25(2)10-11-26-19-13-17(8-9-20(19)31-22(26)28)24-21(27)16-4-3-5-18(12-16)32(29,30)23-14-15-6-7-15/h3-5,8-9,12-13,15,23H,6-7,10-11,14H2,1-2H3,(H,24,27). The number of sulfonamides is 1. The molecular formula is C22H26N4O5S. The summed E-state index contributed by atoms with van der Waals surface area (Å²) < 4.78 is 34.4. The maximum Gasteiger partial charge on any atom is 0.419 e. The highest BCUT2D eigenvalue weighted by atomic mass is 32.2. The molecule has 1 aliphatic rings. The van der Waals surface area contributed by atoms with Gasteiger partial charge in [-0.15, -0.1) is 0 Å². The van der Waals surface area contributed by atoms with E-state index in [-0.39, 0.29) is 10.5 Å². The summed E-state index contributed by atoms with van der Waals surface area (Å²) in [4.78, 5) is 27.0. The second-order valence-electron chi connectivity index (χ2n) is 8.28. The lowest BCUT2D eigenvalue weighted by atomic mass is 10.2. The largest absolute Gasteiger partial charge is 0.419 e. The molecule has 4 rings (SSSR count). The lowest BCUT2D eigenvalue weighted by molar-refractivity contribution is 0.102. The number of carbonyl (C=O) groups is 1. The van der Waals surface area contributed by atoms with Crippen molar-refractivity contribution in [1.29, 1.82) is 0 Å². The molecule has 0 radical (unpaired) electrons. The Labute approximate surface area is 186 Å². The molecule has 1 amide bonds. The number of nitrogens with one attached hydrogen (secondary N) is 2. The number of hydrogen-bond donors (Lipinski definition) is 2. The van der Waals surface area contributed by atoms with Crippen molar-refractivity contribution in [3.8, 4) is 0 Å². The number of fused-ring (bicyclic) bond motifs is 1. The number of benzene rings is 2. The minimum Gasteiger partial charge on any atom is -0.408 e. The molecule has 0 bridgehead atoms. The number of carbonyl (C=O) groups excluding carboxylic acids is 1. The third kappa shape index (κ3) is 5.09. The van der Waals surface area contributed by atoms with E-state index >= 15 is 0 Å². The van der Waals surface area contributed by atoms with Crippen LogP contribution in [0.3, 0.4) is 0 Å². The summed E-state index contributed by atoms with van der Waals surface area (Å²) >= 11 is 0. The molecule has 1 saturated carbocycles. The Morgan fingerprint density at radius 1 is 1.19 bits per heavy atom. The quantitative estimate of drug-likeness (QED) is 0.508.